The summed E-state index contributed by atoms with van der Waals surface area (Å²) < 4.78 is 67.5. The zero-order valence-electron chi connectivity index (χ0n) is 21.0. The van der Waals surface area contributed by atoms with Crippen molar-refractivity contribution in [3.05, 3.63) is 56.9 Å². The molecule has 1 aliphatic carbocycles. The van der Waals surface area contributed by atoms with Gasteiger partial charge in [-0.1, -0.05) is 36.9 Å². The number of anilines is 1. The summed E-state index contributed by atoms with van der Waals surface area (Å²) in [4.78, 5) is 15.4. The number of rotatable bonds is 6. The number of amidine groups is 1. The van der Waals surface area contributed by atoms with Gasteiger partial charge in [-0.05, 0) is 47.9 Å². The number of aryl methyl sites for hydroxylation is 1. The van der Waals surface area contributed by atoms with Gasteiger partial charge in [-0.3, -0.25) is 4.79 Å². The lowest BCUT2D eigenvalue weighted by Gasteiger charge is -2.41. The van der Waals surface area contributed by atoms with E-state index >= 15 is 0 Å². The number of aliphatic hydroxyl groups excluding tert-OH is 1. The van der Waals surface area contributed by atoms with Gasteiger partial charge in [-0.2, -0.15) is 8.42 Å². The third-order valence-electron chi connectivity index (χ3n) is 7.30. The van der Waals surface area contributed by atoms with Crippen LogP contribution in [0.15, 0.2) is 44.2 Å². The number of fused-ring (bicyclic) bond motifs is 2. The van der Waals surface area contributed by atoms with Crippen LogP contribution in [0.3, 0.4) is 0 Å². The average Bonchev–Trinajstić information content (AvgIpc) is 3.11. The molecule has 3 aliphatic rings. The van der Waals surface area contributed by atoms with Crippen LogP contribution in [0.4, 0.5) is 9.39 Å². The Morgan fingerprint density at radius 2 is 2.00 bits per heavy atom. The number of carbonyl (C=O) groups excluding carboxylic acids is 1. The zero-order chi connectivity index (χ0) is 28.1. The fourth-order valence-corrected chi connectivity index (χ4v) is 8.90. The minimum atomic E-state index is -4.30. The molecule has 3 heterocycles. The Hall–Kier alpha value is -2.48. The number of hydrogen-bond acceptors (Lipinski definition) is 8. The third kappa shape index (κ3) is 5.59. The summed E-state index contributed by atoms with van der Waals surface area (Å²) in [6.07, 6.45) is 4.96. The van der Waals surface area contributed by atoms with Crippen molar-refractivity contribution in [2.75, 3.05) is 17.3 Å². The lowest BCUT2D eigenvalue weighted by molar-refractivity contribution is -0.132. The molecule has 1 fully saturated rings. The largest absolute Gasteiger partial charge is 0.511 e. The van der Waals surface area contributed by atoms with Gasteiger partial charge in [0.1, 0.15) is 36.9 Å². The Labute approximate surface area is 235 Å². The lowest BCUT2D eigenvalue weighted by Crippen LogP contribution is -2.51. The van der Waals surface area contributed by atoms with Crippen molar-refractivity contribution in [3.63, 3.8) is 0 Å². The average molecular weight is 616 g/mol. The van der Waals surface area contributed by atoms with Gasteiger partial charge < -0.3 is 15.3 Å². The molecule has 2 N–H and O–H groups in total. The van der Waals surface area contributed by atoms with Gasteiger partial charge in [-0.25, -0.2) is 12.8 Å². The quantitative estimate of drug-likeness (QED) is 0.491. The number of aliphatic hydroxyl groups is 1. The molecule has 39 heavy (non-hydrogen) atoms. The number of halogens is 2. The van der Waals surface area contributed by atoms with Gasteiger partial charge in [0.25, 0.3) is 15.9 Å². The van der Waals surface area contributed by atoms with Crippen LogP contribution in [0.1, 0.15) is 43.2 Å². The second-order valence-electron chi connectivity index (χ2n) is 10.1. The molecule has 2 aliphatic heterocycles. The van der Waals surface area contributed by atoms with Gasteiger partial charge in [0.15, 0.2) is 5.84 Å². The summed E-state index contributed by atoms with van der Waals surface area (Å²) in [5, 5.41) is 16.0. The van der Waals surface area contributed by atoms with Crippen molar-refractivity contribution < 1.29 is 31.1 Å². The normalized spacial score (nSPS) is 23.0. The van der Waals surface area contributed by atoms with Crippen molar-refractivity contribution in [1.29, 1.82) is 0 Å². The molecule has 1 amide bonds. The van der Waals surface area contributed by atoms with E-state index in [1.54, 1.807) is 10.3 Å². The van der Waals surface area contributed by atoms with E-state index in [1.165, 1.54) is 18.2 Å². The number of amides is 1. The van der Waals surface area contributed by atoms with E-state index in [-0.39, 0.29) is 56.8 Å². The molecular weight excluding hydrogens is 589 g/mol. The van der Waals surface area contributed by atoms with Crippen LogP contribution < -0.4 is 5.32 Å². The maximum absolute atomic E-state index is 13.9. The van der Waals surface area contributed by atoms with E-state index < -0.39 is 37.5 Å². The maximum Gasteiger partial charge on any atom is 0.287 e. The van der Waals surface area contributed by atoms with Gasteiger partial charge in [0.05, 0.1) is 10.8 Å². The fourth-order valence-electron chi connectivity index (χ4n) is 5.44. The third-order valence-corrected chi connectivity index (χ3v) is 11.0. The Kier molecular flexibility index (Phi) is 7.55. The number of nitrogens with zero attached hydrogens (tertiary/aromatic N) is 2. The molecular formula is C25H27ClFN3O6S3. The highest BCUT2D eigenvalue weighted by molar-refractivity contribution is 7.91. The summed E-state index contributed by atoms with van der Waals surface area (Å²) in [7, 11) is -7.62. The van der Waals surface area contributed by atoms with Gasteiger partial charge in [0, 0.05) is 24.8 Å². The number of benzene rings is 1. The van der Waals surface area contributed by atoms with Crippen molar-refractivity contribution in [3.8, 4) is 0 Å². The summed E-state index contributed by atoms with van der Waals surface area (Å²) in [6, 6.07) is 3.89. The van der Waals surface area contributed by atoms with Crippen molar-refractivity contribution in [1.82, 2.24) is 4.90 Å². The highest BCUT2D eigenvalue weighted by Gasteiger charge is 2.45. The number of hydrogen-bond donors (Lipinski definition) is 2. The SMILES string of the molecule is CS(=O)(=O)CCc1csc2c1S(=O)(=O)N=C(C1=C(O)C3CCCCCC3N(Cc3ccc(F)c(Cl)c3)C1=O)N2. The molecule has 14 heteroatoms. The van der Waals surface area contributed by atoms with Crippen LogP contribution in [0, 0.1) is 11.7 Å². The molecule has 1 aromatic heterocycles. The summed E-state index contributed by atoms with van der Waals surface area (Å²) in [5.74, 6) is -2.28. The van der Waals surface area contributed by atoms with E-state index in [9.17, 15) is 31.1 Å². The first-order chi connectivity index (χ1) is 18.4. The first-order valence-electron chi connectivity index (χ1n) is 12.4. The van der Waals surface area contributed by atoms with Gasteiger partial charge >= 0.3 is 0 Å². The monoisotopic (exact) mass is 615 g/mol. The molecule has 9 nitrogen and oxygen atoms in total. The van der Waals surface area contributed by atoms with Crippen LogP contribution in [0.2, 0.25) is 5.02 Å². The van der Waals surface area contributed by atoms with E-state index in [1.807, 2.05) is 0 Å². The van der Waals surface area contributed by atoms with E-state index in [2.05, 4.69) is 9.71 Å². The minimum Gasteiger partial charge on any atom is -0.511 e. The predicted molar refractivity (Wildman–Crippen MR) is 148 cm³/mol. The Morgan fingerprint density at radius 3 is 2.72 bits per heavy atom. The molecule has 1 aromatic carbocycles. The summed E-state index contributed by atoms with van der Waals surface area (Å²) >= 11 is 7.04. The molecule has 210 valence electrons. The molecule has 5 rings (SSSR count). The maximum atomic E-state index is 13.9. The van der Waals surface area contributed by atoms with Crippen LogP contribution in [0.25, 0.3) is 0 Å². The molecule has 2 atom stereocenters. The lowest BCUT2D eigenvalue weighted by atomic mass is 9.84. The summed E-state index contributed by atoms with van der Waals surface area (Å²) in [6.45, 7) is 0.0940. The van der Waals surface area contributed by atoms with E-state index in [0.717, 1.165) is 36.9 Å². The molecule has 0 spiro atoms. The van der Waals surface area contributed by atoms with E-state index in [4.69, 9.17) is 11.6 Å². The second-order valence-corrected chi connectivity index (χ2v) is 15.2. The second kappa shape index (κ2) is 10.5. The fraction of sp³-hybridized carbons (Fsp3) is 0.440. The van der Waals surface area contributed by atoms with Crippen molar-refractivity contribution in [2.24, 2.45) is 10.3 Å². The van der Waals surface area contributed by atoms with Crippen LogP contribution in [0.5, 0.6) is 0 Å². The van der Waals surface area contributed by atoms with Gasteiger partial charge in [0.2, 0.25) is 0 Å². The van der Waals surface area contributed by atoms with E-state index in [0.29, 0.717) is 24.0 Å². The Morgan fingerprint density at radius 1 is 1.26 bits per heavy atom. The van der Waals surface area contributed by atoms with Crippen molar-refractivity contribution >= 4 is 59.5 Å². The summed E-state index contributed by atoms with van der Waals surface area (Å²) in [5.41, 5.74) is 0.704. The van der Waals surface area contributed by atoms with Crippen LogP contribution in [-0.4, -0.2) is 56.6 Å². The highest BCUT2D eigenvalue weighted by atomic mass is 35.5. The number of sulfonamides is 1. The molecule has 0 saturated heterocycles. The standard InChI is InChI=1S/C25H27ClFN3O6S3/c1-38(33,34)10-9-15-13-37-24-22(15)39(35,36)29-23(28-24)20-21(31)16-5-3-2-4-6-19(16)30(25(20)32)12-14-7-8-18(27)17(26)11-14/h7-8,11,13,16,19,31H,2-6,9-10,12H2,1H3,(H,28,29). The number of thiophene rings is 1. The Balaban J connectivity index is 1.54. The van der Waals surface area contributed by atoms with Gasteiger partial charge in [-0.15, -0.1) is 15.7 Å². The molecule has 0 bridgehead atoms. The first-order valence-corrected chi connectivity index (χ1v) is 17.2. The minimum absolute atomic E-state index is 0.00106. The number of carbonyl (C=O) groups is 1. The smallest absolute Gasteiger partial charge is 0.287 e. The molecule has 0 radical (unpaired) electrons. The topological polar surface area (TPSA) is 133 Å². The number of nitrogens with one attached hydrogen (secondary N) is 1. The predicted octanol–water partition coefficient (Wildman–Crippen LogP) is 4.44. The first kappa shape index (κ1) is 28.1. The molecule has 1 saturated carbocycles. The zero-order valence-corrected chi connectivity index (χ0v) is 24.2. The highest BCUT2D eigenvalue weighted by Crippen LogP contribution is 2.42. The van der Waals surface area contributed by atoms with Crippen LogP contribution in [-0.2, 0) is 37.6 Å². The number of sulfone groups is 1. The van der Waals surface area contributed by atoms with Crippen molar-refractivity contribution in [2.45, 2.75) is 56.0 Å². The molecule has 2 aromatic rings. The molecule has 2 unspecified atom stereocenters. The Bertz CT molecular complexity index is 1620. The van der Waals surface area contributed by atoms with Crippen LogP contribution >= 0.6 is 22.9 Å².